The Morgan fingerprint density at radius 3 is 2.50 bits per heavy atom. The van der Waals surface area contributed by atoms with Gasteiger partial charge in [-0.25, -0.2) is 0 Å². The topological polar surface area (TPSA) is 12.0 Å². The fraction of sp³-hybridized carbons (Fsp3) is 0.600. The van der Waals surface area contributed by atoms with Crippen LogP contribution >= 0.6 is 0 Å². The molecule has 2 rings (SSSR count). The van der Waals surface area contributed by atoms with Crippen molar-refractivity contribution in [2.45, 2.75) is 38.6 Å². The summed E-state index contributed by atoms with van der Waals surface area (Å²) in [7, 11) is 2.11. The molecule has 1 aromatic carbocycles. The summed E-state index contributed by atoms with van der Waals surface area (Å²) in [6.07, 6.45) is 5.36. The van der Waals surface area contributed by atoms with E-state index in [0.717, 1.165) is 11.8 Å². The summed E-state index contributed by atoms with van der Waals surface area (Å²) >= 11 is 0. The zero-order valence-electron chi connectivity index (χ0n) is 10.4. The summed E-state index contributed by atoms with van der Waals surface area (Å²) in [4.78, 5) is 0. The molecular formula is C15H23N. The summed E-state index contributed by atoms with van der Waals surface area (Å²) in [5.74, 6) is 1.84. The summed E-state index contributed by atoms with van der Waals surface area (Å²) < 4.78 is 0. The molecule has 0 aliphatic heterocycles. The Morgan fingerprint density at radius 2 is 1.94 bits per heavy atom. The van der Waals surface area contributed by atoms with Gasteiger partial charge in [0.25, 0.3) is 0 Å². The molecule has 88 valence electrons. The Morgan fingerprint density at radius 1 is 1.25 bits per heavy atom. The summed E-state index contributed by atoms with van der Waals surface area (Å²) in [6, 6.07) is 11.5. The van der Waals surface area contributed by atoms with Gasteiger partial charge in [0.2, 0.25) is 0 Å². The quantitative estimate of drug-likeness (QED) is 0.771. The first-order valence-electron chi connectivity index (χ1n) is 6.52. The highest BCUT2D eigenvalue weighted by Gasteiger charge is 2.32. The highest BCUT2D eigenvalue weighted by Crippen LogP contribution is 2.38. The molecular weight excluding hydrogens is 194 g/mol. The predicted molar refractivity (Wildman–Crippen MR) is 69.5 cm³/mol. The molecule has 1 nitrogen and oxygen atoms in total. The number of aryl methyl sites for hydroxylation is 1. The third kappa shape index (κ3) is 3.08. The number of hydrogen-bond acceptors (Lipinski definition) is 1. The van der Waals surface area contributed by atoms with Crippen LogP contribution in [0.3, 0.4) is 0 Å². The van der Waals surface area contributed by atoms with E-state index in [2.05, 4.69) is 49.6 Å². The van der Waals surface area contributed by atoms with Crippen LogP contribution in [0.2, 0.25) is 0 Å². The van der Waals surface area contributed by atoms with Crippen molar-refractivity contribution in [3.63, 3.8) is 0 Å². The summed E-state index contributed by atoms with van der Waals surface area (Å²) in [5.41, 5.74) is 1.46. The van der Waals surface area contributed by atoms with E-state index in [9.17, 15) is 0 Å². The molecule has 0 aromatic heterocycles. The zero-order chi connectivity index (χ0) is 11.4. The van der Waals surface area contributed by atoms with Gasteiger partial charge in [0.15, 0.2) is 0 Å². The maximum absolute atomic E-state index is 3.49. The van der Waals surface area contributed by atoms with Crippen LogP contribution in [0, 0.1) is 11.8 Å². The Bertz CT molecular complexity index is 302. The van der Waals surface area contributed by atoms with Crippen molar-refractivity contribution in [2.24, 2.45) is 11.8 Å². The van der Waals surface area contributed by atoms with Gasteiger partial charge < -0.3 is 5.32 Å². The molecule has 16 heavy (non-hydrogen) atoms. The summed E-state index contributed by atoms with van der Waals surface area (Å²) in [6.45, 7) is 2.41. The van der Waals surface area contributed by atoms with E-state index in [0.29, 0.717) is 6.04 Å². The van der Waals surface area contributed by atoms with E-state index in [1.165, 1.54) is 31.2 Å². The molecule has 1 aromatic rings. The minimum atomic E-state index is 0.688. The predicted octanol–water partition coefficient (Wildman–Crippen LogP) is 3.25. The molecule has 1 aliphatic rings. The Kier molecular flexibility index (Phi) is 4.00. The van der Waals surface area contributed by atoms with Crippen LogP contribution in [0.15, 0.2) is 30.3 Å². The third-order valence-electron chi connectivity index (χ3n) is 3.96. The van der Waals surface area contributed by atoms with Crippen molar-refractivity contribution in [1.82, 2.24) is 5.32 Å². The third-order valence-corrected chi connectivity index (χ3v) is 3.96. The molecule has 0 bridgehead atoms. The fourth-order valence-electron chi connectivity index (χ4n) is 2.59. The fourth-order valence-corrected chi connectivity index (χ4v) is 2.59. The van der Waals surface area contributed by atoms with E-state index in [1.807, 2.05) is 0 Å². The molecule has 2 unspecified atom stereocenters. The molecule has 1 fully saturated rings. The Balaban J connectivity index is 1.82. The molecule has 0 spiro atoms. The normalized spacial score (nSPS) is 19.4. The number of benzene rings is 1. The number of nitrogens with one attached hydrogen (secondary N) is 1. The lowest BCUT2D eigenvalue weighted by atomic mass is 9.92. The van der Waals surface area contributed by atoms with E-state index in [1.54, 1.807) is 0 Å². The first-order valence-corrected chi connectivity index (χ1v) is 6.52. The highest BCUT2D eigenvalue weighted by atomic mass is 14.9. The smallest absolute Gasteiger partial charge is 0.00955 e. The molecule has 1 aliphatic carbocycles. The Hall–Kier alpha value is -0.820. The van der Waals surface area contributed by atoms with Crippen molar-refractivity contribution in [1.29, 1.82) is 0 Å². The largest absolute Gasteiger partial charge is 0.317 e. The van der Waals surface area contributed by atoms with Crippen LogP contribution in [0.4, 0.5) is 0 Å². The van der Waals surface area contributed by atoms with Gasteiger partial charge in [-0.3, -0.25) is 0 Å². The van der Waals surface area contributed by atoms with Gasteiger partial charge in [0.1, 0.15) is 0 Å². The van der Waals surface area contributed by atoms with Crippen LogP contribution in [0.5, 0.6) is 0 Å². The van der Waals surface area contributed by atoms with Crippen LogP contribution in [-0.4, -0.2) is 13.1 Å². The first-order chi connectivity index (χ1) is 7.81. The van der Waals surface area contributed by atoms with Gasteiger partial charge in [-0.2, -0.15) is 0 Å². The Labute approximate surface area is 99.3 Å². The molecule has 1 saturated carbocycles. The number of hydrogen-bond donors (Lipinski definition) is 1. The van der Waals surface area contributed by atoms with Gasteiger partial charge in [-0.15, -0.1) is 0 Å². The second kappa shape index (κ2) is 5.49. The monoisotopic (exact) mass is 217 g/mol. The lowest BCUT2D eigenvalue weighted by Gasteiger charge is -2.23. The molecule has 0 heterocycles. The van der Waals surface area contributed by atoms with E-state index in [4.69, 9.17) is 0 Å². The van der Waals surface area contributed by atoms with E-state index < -0.39 is 0 Å². The minimum Gasteiger partial charge on any atom is -0.317 e. The van der Waals surface area contributed by atoms with Crippen molar-refractivity contribution in [3.8, 4) is 0 Å². The standard InChI is InChI=1S/C15H23N/c1-12(14-9-10-14)15(16-2)11-8-13-6-4-3-5-7-13/h3-7,12,14-16H,8-11H2,1-2H3. The van der Waals surface area contributed by atoms with Gasteiger partial charge in [0, 0.05) is 6.04 Å². The number of rotatable bonds is 6. The molecule has 2 atom stereocenters. The van der Waals surface area contributed by atoms with Crippen molar-refractivity contribution >= 4 is 0 Å². The average molecular weight is 217 g/mol. The zero-order valence-corrected chi connectivity index (χ0v) is 10.4. The average Bonchev–Trinajstić information content (AvgIpc) is 3.15. The van der Waals surface area contributed by atoms with Gasteiger partial charge >= 0.3 is 0 Å². The summed E-state index contributed by atoms with van der Waals surface area (Å²) in [5, 5.41) is 3.49. The van der Waals surface area contributed by atoms with Gasteiger partial charge in [-0.05, 0) is 50.1 Å². The van der Waals surface area contributed by atoms with E-state index >= 15 is 0 Å². The second-order valence-electron chi connectivity index (χ2n) is 5.12. The van der Waals surface area contributed by atoms with Crippen molar-refractivity contribution in [2.75, 3.05) is 7.05 Å². The second-order valence-corrected chi connectivity index (χ2v) is 5.12. The molecule has 0 amide bonds. The van der Waals surface area contributed by atoms with Crippen LogP contribution < -0.4 is 5.32 Å². The molecule has 0 saturated heterocycles. The lowest BCUT2D eigenvalue weighted by molar-refractivity contribution is 0.342. The van der Waals surface area contributed by atoms with Gasteiger partial charge in [-0.1, -0.05) is 37.3 Å². The maximum atomic E-state index is 3.49. The molecule has 0 radical (unpaired) electrons. The maximum Gasteiger partial charge on any atom is 0.00955 e. The minimum absolute atomic E-state index is 0.688. The van der Waals surface area contributed by atoms with Crippen LogP contribution in [0.25, 0.3) is 0 Å². The van der Waals surface area contributed by atoms with Gasteiger partial charge in [0.05, 0.1) is 0 Å². The highest BCUT2D eigenvalue weighted by molar-refractivity contribution is 5.14. The molecule has 1 heteroatoms. The van der Waals surface area contributed by atoms with Crippen LogP contribution in [-0.2, 0) is 6.42 Å². The SMILES string of the molecule is CNC(CCc1ccccc1)C(C)C1CC1. The van der Waals surface area contributed by atoms with Crippen LogP contribution in [0.1, 0.15) is 31.7 Å². The van der Waals surface area contributed by atoms with Crippen molar-refractivity contribution in [3.05, 3.63) is 35.9 Å². The van der Waals surface area contributed by atoms with E-state index in [-0.39, 0.29) is 0 Å². The molecule has 1 N–H and O–H groups in total. The van der Waals surface area contributed by atoms with Crippen molar-refractivity contribution < 1.29 is 0 Å². The first kappa shape index (κ1) is 11.7. The lowest BCUT2D eigenvalue weighted by Crippen LogP contribution is -2.33.